The van der Waals surface area contributed by atoms with Gasteiger partial charge in [-0.05, 0) is 62.4 Å². The summed E-state index contributed by atoms with van der Waals surface area (Å²) in [4.78, 5) is 23.6. The van der Waals surface area contributed by atoms with Crippen molar-refractivity contribution in [3.63, 3.8) is 0 Å². The van der Waals surface area contributed by atoms with Crippen LogP contribution in [0.5, 0.6) is 11.5 Å². The van der Waals surface area contributed by atoms with E-state index in [0.717, 1.165) is 82.4 Å². The van der Waals surface area contributed by atoms with E-state index in [2.05, 4.69) is 34.2 Å². The third kappa shape index (κ3) is 6.88. The Kier molecular flexibility index (Phi) is 11.0. The quantitative estimate of drug-likeness (QED) is 0.223. The van der Waals surface area contributed by atoms with E-state index in [-0.39, 0.29) is 35.9 Å². The largest absolute Gasteiger partial charge is 0.493 e. The number of hydrogen-bond donors (Lipinski definition) is 1. The van der Waals surface area contributed by atoms with E-state index in [9.17, 15) is 4.79 Å². The van der Waals surface area contributed by atoms with Crippen LogP contribution in [-0.2, 0) is 17.8 Å². The Balaban J connectivity index is 0.00000385. The fourth-order valence-corrected chi connectivity index (χ4v) is 4.62. The second kappa shape index (κ2) is 13.2. The van der Waals surface area contributed by atoms with Crippen LogP contribution in [0.15, 0.2) is 17.1 Å². The fraction of sp³-hybridized carbons (Fsp3) is 0.667. The maximum absolute atomic E-state index is 12.4. The smallest absolute Gasteiger partial charge is 0.239 e. The van der Waals surface area contributed by atoms with Crippen molar-refractivity contribution in [2.75, 3.05) is 61.0 Å². The van der Waals surface area contributed by atoms with Gasteiger partial charge in [0.25, 0.3) is 0 Å². The summed E-state index contributed by atoms with van der Waals surface area (Å²) in [5.74, 6) is 2.73. The second-order valence-electron chi connectivity index (χ2n) is 8.66. The van der Waals surface area contributed by atoms with Gasteiger partial charge in [0.15, 0.2) is 17.5 Å². The first-order valence-corrected chi connectivity index (χ1v) is 11.7. The van der Waals surface area contributed by atoms with E-state index < -0.39 is 0 Å². The molecule has 2 aliphatic heterocycles. The first-order chi connectivity index (χ1) is 15.5. The van der Waals surface area contributed by atoms with Gasteiger partial charge in [-0.25, -0.2) is 0 Å². The molecule has 1 aromatic rings. The first-order valence-electron chi connectivity index (χ1n) is 11.7. The SMILES string of the molecule is CCNC(=NCCCN1CCCC1C(=O)N(C)C)N1CCc2cc(OC)c(OC)cc2C1.I. The lowest BCUT2D eigenvalue weighted by atomic mass is 9.99. The summed E-state index contributed by atoms with van der Waals surface area (Å²) in [5.41, 5.74) is 2.56. The molecule has 1 aromatic carbocycles. The normalized spacial score (nSPS) is 18.4. The van der Waals surface area contributed by atoms with Crippen LogP contribution in [0.4, 0.5) is 0 Å². The number of ether oxygens (including phenoxy) is 2. The van der Waals surface area contributed by atoms with E-state index in [4.69, 9.17) is 14.5 Å². The third-order valence-corrected chi connectivity index (χ3v) is 6.31. The molecule has 3 rings (SSSR count). The number of amides is 1. The minimum absolute atomic E-state index is 0. The highest BCUT2D eigenvalue weighted by atomic mass is 127. The average Bonchev–Trinajstić information content (AvgIpc) is 3.27. The van der Waals surface area contributed by atoms with Gasteiger partial charge in [0.2, 0.25) is 5.91 Å². The highest BCUT2D eigenvalue weighted by Crippen LogP contribution is 2.33. The van der Waals surface area contributed by atoms with Crippen molar-refractivity contribution in [3.8, 4) is 11.5 Å². The van der Waals surface area contributed by atoms with Gasteiger partial charge in [0.1, 0.15) is 0 Å². The van der Waals surface area contributed by atoms with Gasteiger partial charge in [0.05, 0.1) is 20.3 Å². The maximum atomic E-state index is 12.4. The summed E-state index contributed by atoms with van der Waals surface area (Å²) in [6.45, 7) is 7.31. The number of fused-ring (bicyclic) bond motifs is 1. The van der Waals surface area contributed by atoms with Crippen LogP contribution in [0.1, 0.15) is 37.3 Å². The lowest BCUT2D eigenvalue weighted by Crippen LogP contribution is -2.44. The van der Waals surface area contributed by atoms with Gasteiger partial charge >= 0.3 is 0 Å². The molecule has 1 saturated heterocycles. The number of benzene rings is 1. The number of carbonyl (C=O) groups is 1. The number of halogens is 1. The van der Waals surface area contributed by atoms with Gasteiger partial charge in [-0.2, -0.15) is 0 Å². The number of likely N-dealkylation sites (tertiary alicyclic amines) is 1. The monoisotopic (exact) mass is 573 g/mol. The van der Waals surface area contributed by atoms with Crippen molar-refractivity contribution in [1.82, 2.24) is 20.0 Å². The Bertz CT molecular complexity index is 818. The molecule has 186 valence electrons. The summed E-state index contributed by atoms with van der Waals surface area (Å²) in [6, 6.07) is 4.21. The van der Waals surface area contributed by atoms with Crippen molar-refractivity contribution >= 4 is 35.8 Å². The zero-order chi connectivity index (χ0) is 23.1. The van der Waals surface area contributed by atoms with Crippen LogP contribution >= 0.6 is 24.0 Å². The van der Waals surface area contributed by atoms with Crippen molar-refractivity contribution in [3.05, 3.63) is 23.3 Å². The zero-order valence-corrected chi connectivity index (χ0v) is 23.1. The Labute approximate surface area is 215 Å². The molecule has 0 aliphatic carbocycles. The summed E-state index contributed by atoms with van der Waals surface area (Å²) < 4.78 is 10.9. The number of aliphatic imine (C=N–C) groups is 1. The molecule has 9 heteroatoms. The van der Waals surface area contributed by atoms with Gasteiger partial charge < -0.3 is 24.6 Å². The predicted molar refractivity (Wildman–Crippen MR) is 143 cm³/mol. The van der Waals surface area contributed by atoms with Crippen molar-refractivity contribution in [1.29, 1.82) is 0 Å². The van der Waals surface area contributed by atoms with Gasteiger partial charge in [-0.1, -0.05) is 0 Å². The molecular weight excluding hydrogens is 533 g/mol. The van der Waals surface area contributed by atoms with Crippen LogP contribution < -0.4 is 14.8 Å². The number of nitrogens with zero attached hydrogens (tertiary/aromatic N) is 4. The van der Waals surface area contributed by atoms with Crippen LogP contribution in [0.3, 0.4) is 0 Å². The molecule has 0 aromatic heterocycles. The molecular formula is C24H40IN5O3. The van der Waals surface area contributed by atoms with Crippen molar-refractivity contribution < 1.29 is 14.3 Å². The summed E-state index contributed by atoms with van der Waals surface area (Å²) in [5, 5.41) is 3.45. The molecule has 1 atom stereocenters. The minimum Gasteiger partial charge on any atom is -0.493 e. The second-order valence-corrected chi connectivity index (χ2v) is 8.66. The number of methoxy groups -OCH3 is 2. The van der Waals surface area contributed by atoms with Crippen LogP contribution in [0, 0.1) is 0 Å². The van der Waals surface area contributed by atoms with E-state index in [1.54, 1.807) is 19.1 Å². The molecule has 1 fully saturated rings. The Morgan fingerprint density at radius 1 is 1.18 bits per heavy atom. The lowest BCUT2D eigenvalue weighted by Gasteiger charge is -2.32. The molecule has 0 radical (unpaired) electrons. The van der Waals surface area contributed by atoms with E-state index in [1.807, 2.05) is 14.1 Å². The number of likely N-dealkylation sites (N-methyl/N-ethyl adjacent to an activating group) is 1. The highest BCUT2D eigenvalue weighted by Gasteiger charge is 2.31. The number of rotatable bonds is 8. The number of guanidine groups is 1. The lowest BCUT2D eigenvalue weighted by molar-refractivity contribution is -0.133. The Morgan fingerprint density at radius 2 is 1.88 bits per heavy atom. The third-order valence-electron chi connectivity index (χ3n) is 6.31. The number of carbonyl (C=O) groups excluding carboxylic acids is 1. The molecule has 8 nitrogen and oxygen atoms in total. The van der Waals surface area contributed by atoms with Gasteiger partial charge in [-0.15, -0.1) is 24.0 Å². The fourth-order valence-electron chi connectivity index (χ4n) is 4.62. The molecule has 2 aliphatic rings. The standard InChI is InChI=1S/C24H39N5O3.HI/c1-6-25-24(26-11-8-13-28-12-7-9-20(28)23(30)27(2)3)29-14-10-18-15-21(31-4)22(32-5)16-19(18)17-29;/h15-16,20H,6-14,17H2,1-5H3,(H,25,26);1H. The van der Waals surface area contributed by atoms with E-state index in [1.165, 1.54) is 11.1 Å². The van der Waals surface area contributed by atoms with Crippen molar-refractivity contribution in [2.45, 2.75) is 45.2 Å². The highest BCUT2D eigenvalue weighted by molar-refractivity contribution is 14.0. The molecule has 2 heterocycles. The van der Waals surface area contributed by atoms with E-state index in [0.29, 0.717) is 0 Å². The van der Waals surface area contributed by atoms with Crippen molar-refractivity contribution in [2.24, 2.45) is 4.99 Å². The molecule has 1 N–H and O–H groups in total. The van der Waals surface area contributed by atoms with Gasteiger partial charge in [-0.3, -0.25) is 14.7 Å². The molecule has 0 bridgehead atoms. The maximum Gasteiger partial charge on any atom is 0.239 e. The first kappa shape index (κ1) is 27.5. The average molecular weight is 574 g/mol. The van der Waals surface area contributed by atoms with Crippen LogP contribution in [0.2, 0.25) is 0 Å². The Hall–Kier alpha value is -1.75. The minimum atomic E-state index is 0. The summed E-state index contributed by atoms with van der Waals surface area (Å²) >= 11 is 0. The summed E-state index contributed by atoms with van der Waals surface area (Å²) in [6.07, 6.45) is 3.95. The van der Waals surface area contributed by atoms with Crippen LogP contribution in [-0.4, -0.2) is 93.6 Å². The topological polar surface area (TPSA) is 69.6 Å². The summed E-state index contributed by atoms with van der Waals surface area (Å²) in [7, 11) is 7.03. The number of hydrogen-bond acceptors (Lipinski definition) is 5. The molecule has 1 amide bonds. The molecule has 0 spiro atoms. The zero-order valence-electron chi connectivity index (χ0n) is 20.7. The molecule has 0 saturated carbocycles. The number of nitrogens with one attached hydrogen (secondary N) is 1. The molecule has 1 unspecified atom stereocenters. The van der Waals surface area contributed by atoms with E-state index >= 15 is 0 Å². The Morgan fingerprint density at radius 3 is 2.52 bits per heavy atom. The van der Waals surface area contributed by atoms with Gasteiger partial charge in [0, 0.05) is 46.8 Å². The predicted octanol–water partition coefficient (Wildman–Crippen LogP) is 2.59. The molecule has 33 heavy (non-hydrogen) atoms. The van der Waals surface area contributed by atoms with Crippen LogP contribution in [0.25, 0.3) is 0 Å².